The molecule has 138 valence electrons. The summed E-state index contributed by atoms with van der Waals surface area (Å²) in [7, 11) is 1.48. The Bertz CT molecular complexity index is 983. The molecule has 0 saturated heterocycles. The van der Waals surface area contributed by atoms with Crippen LogP contribution in [0.4, 0.5) is 4.39 Å². The molecule has 7 nitrogen and oxygen atoms in total. The molecule has 0 unspecified atom stereocenters. The Hall–Kier alpha value is -3.55. The van der Waals surface area contributed by atoms with Crippen molar-refractivity contribution in [2.45, 2.75) is 13.5 Å². The van der Waals surface area contributed by atoms with E-state index in [9.17, 15) is 4.39 Å². The highest BCUT2D eigenvalue weighted by atomic mass is 19.1. The highest BCUT2D eigenvalue weighted by Crippen LogP contribution is 2.20. The predicted molar refractivity (Wildman–Crippen MR) is 98.6 cm³/mol. The SMILES string of the molecule is COc1oc(C(C=C(N)c2ncccn2)=NCc2ccccc2F)nc1C. The van der Waals surface area contributed by atoms with Crippen LogP contribution in [0.25, 0.3) is 5.70 Å². The lowest BCUT2D eigenvalue weighted by molar-refractivity contribution is 0.300. The number of methoxy groups -OCH3 is 1. The van der Waals surface area contributed by atoms with Crippen LogP contribution in [-0.2, 0) is 6.54 Å². The van der Waals surface area contributed by atoms with E-state index < -0.39 is 0 Å². The quantitative estimate of drug-likeness (QED) is 0.673. The third kappa shape index (κ3) is 4.35. The van der Waals surface area contributed by atoms with Crippen molar-refractivity contribution < 1.29 is 13.5 Å². The lowest BCUT2D eigenvalue weighted by Gasteiger charge is -2.03. The van der Waals surface area contributed by atoms with Crippen molar-refractivity contribution in [3.63, 3.8) is 0 Å². The summed E-state index contributed by atoms with van der Waals surface area (Å²) in [6, 6.07) is 8.09. The molecule has 0 atom stereocenters. The fourth-order valence-electron chi connectivity index (χ4n) is 2.31. The van der Waals surface area contributed by atoms with Crippen LogP contribution in [0.15, 0.2) is 58.2 Å². The minimum Gasteiger partial charge on any atom is -0.467 e. The fourth-order valence-corrected chi connectivity index (χ4v) is 2.31. The number of aliphatic imine (C=N–C) groups is 1. The van der Waals surface area contributed by atoms with Crippen LogP contribution >= 0.6 is 0 Å². The van der Waals surface area contributed by atoms with Gasteiger partial charge < -0.3 is 14.9 Å². The monoisotopic (exact) mass is 367 g/mol. The normalized spacial score (nSPS) is 12.3. The van der Waals surface area contributed by atoms with Crippen LogP contribution in [0, 0.1) is 12.7 Å². The van der Waals surface area contributed by atoms with Gasteiger partial charge in [0.15, 0.2) is 5.82 Å². The molecule has 0 aliphatic heterocycles. The Morgan fingerprint density at radius 3 is 2.67 bits per heavy atom. The third-order valence-electron chi connectivity index (χ3n) is 3.65. The average molecular weight is 367 g/mol. The molecule has 27 heavy (non-hydrogen) atoms. The van der Waals surface area contributed by atoms with Gasteiger partial charge in [-0.05, 0) is 25.1 Å². The summed E-state index contributed by atoms with van der Waals surface area (Å²) in [5, 5.41) is 0. The van der Waals surface area contributed by atoms with Gasteiger partial charge in [-0.2, -0.15) is 0 Å². The zero-order valence-corrected chi connectivity index (χ0v) is 14.9. The summed E-state index contributed by atoms with van der Waals surface area (Å²) < 4.78 is 24.6. The molecule has 0 aliphatic carbocycles. The largest absolute Gasteiger partial charge is 0.467 e. The fraction of sp³-hybridized carbons (Fsp3) is 0.158. The van der Waals surface area contributed by atoms with Crippen molar-refractivity contribution in [1.29, 1.82) is 0 Å². The molecule has 1 aromatic carbocycles. The van der Waals surface area contributed by atoms with E-state index in [0.717, 1.165) is 0 Å². The maximum atomic E-state index is 13.9. The van der Waals surface area contributed by atoms with Crippen LogP contribution in [0.3, 0.4) is 0 Å². The number of allylic oxidation sites excluding steroid dienone is 1. The molecule has 8 heteroatoms. The van der Waals surface area contributed by atoms with Gasteiger partial charge in [0.1, 0.15) is 17.2 Å². The number of rotatable bonds is 6. The Kier molecular flexibility index (Phi) is 5.55. The minimum absolute atomic E-state index is 0.0885. The number of nitrogens with zero attached hydrogens (tertiary/aromatic N) is 4. The molecular weight excluding hydrogens is 349 g/mol. The number of hydrogen-bond donors (Lipinski definition) is 1. The number of aryl methyl sites for hydroxylation is 1. The number of halogens is 1. The zero-order chi connectivity index (χ0) is 19.2. The number of nitrogens with two attached hydrogens (primary N) is 1. The number of benzene rings is 1. The second-order valence-electron chi connectivity index (χ2n) is 5.56. The van der Waals surface area contributed by atoms with Gasteiger partial charge >= 0.3 is 5.95 Å². The van der Waals surface area contributed by atoms with E-state index in [1.807, 2.05) is 0 Å². The lowest BCUT2D eigenvalue weighted by atomic mass is 10.2. The summed E-state index contributed by atoms with van der Waals surface area (Å²) in [4.78, 5) is 16.9. The summed E-state index contributed by atoms with van der Waals surface area (Å²) in [6.45, 7) is 1.83. The Balaban J connectivity index is 2.00. The number of aromatic nitrogens is 3. The number of hydrogen-bond acceptors (Lipinski definition) is 7. The van der Waals surface area contributed by atoms with Gasteiger partial charge in [-0.3, -0.25) is 4.99 Å². The predicted octanol–water partition coefficient (Wildman–Crippen LogP) is 2.91. The van der Waals surface area contributed by atoms with Crippen molar-refractivity contribution in [2.24, 2.45) is 10.7 Å². The third-order valence-corrected chi connectivity index (χ3v) is 3.65. The molecule has 0 saturated carbocycles. The van der Waals surface area contributed by atoms with E-state index in [1.54, 1.807) is 49.7 Å². The number of oxazole rings is 1. The first kappa shape index (κ1) is 18.2. The first-order chi connectivity index (χ1) is 13.1. The molecule has 2 heterocycles. The molecule has 3 aromatic rings. The van der Waals surface area contributed by atoms with Crippen LogP contribution in [0.5, 0.6) is 5.95 Å². The smallest absolute Gasteiger partial charge is 0.308 e. The van der Waals surface area contributed by atoms with Crippen molar-refractivity contribution in [2.75, 3.05) is 7.11 Å². The van der Waals surface area contributed by atoms with Crippen LogP contribution < -0.4 is 10.5 Å². The molecule has 0 fully saturated rings. The highest BCUT2D eigenvalue weighted by molar-refractivity contribution is 6.09. The van der Waals surface area contributed by atoms with Gasteiger partial charge in [0, 0.05) is 18.0 Å². The van der Waals surface area contributed by atoms with Crippen molar-refractivity contribution in [3.8, 4) is 5.95 Å². The second kappa shape index (κ2) is 8.22. The Morgan fingerprint density at radius 2 is 2.00 bits per heavy atom. The van der Waals surface area contributed by atoms with E-state index in [4.69, 9.17) is 14.9 Å². The first-order valence-electron chi connectivity index (χ1n) is 8.12. The molecule has 0 amide bonds. The lowest BCUT2D eigenvalue weighted by Crippen LogP contribution is -2.07. The van der Waals surface area contributed by atoms with E-state index in [2.05, 4.69) is 19.9 Å². The summed E-state index contributed by atoms with van der Waals surface area (Å²) in [5.74, 6) is 0.475. The molecule has 0 radical (unpaired) electrons. The maximum Gasteiger partial charge on any atom is 0.308 e. The topological polar surface area (TPSA) is 99.4 Å². The van der Waals surface area contributed by atoms with Crippen LogP contribution in [-0.4, -0.2) is 27.8 Å². The summed E-state index contributed by atoms with van der Waals surface area (Å²) in [5.41, 5.74) is 7.70. The van der Waals surface area contributed by atoms with E-state index in [-0.39, 0.29) is 29.9 Å². The molecule has 2 aromatic heterocycles. The summed E-state index contributed by atoms with van der Waals surface area (Å²) >= 11 is 0. The van der Waals surface area contributed by atoms with Crippen molar-refractivity contribution in [3.05, 3.63) is 77.6 Å². The average Bonchev–Trinajstić information content (AvgIpc) is 3.07. The van der Waals surface area contributed by atoms with Gasteiger partial charge in [-0.1, -0.05) is 18.2 Å². The van der Waals surface area contributed by atoms with Crippen LogP contribution in [0.1, 0.15) is 23.0 Å². The Morgan fingerprint density at radius 1 is 1.26 bits per heavy atom. The highest BCUT2D eigenvalue weighted by Gasteiger charge is 2.15. The van der Waals surface area contributed by atoms with E-state index in [0.29, 0.717) is 22.8 Å². The molecule has 0 spiro atoms. The zero-order valence-electron chi connectivity index (χ0n) is 14.9. The molecule has 2 N–H and O–H groups in total. The van der Waals surface area contributed by atoms with Gasteiger partial charge in [0.25, 0.3) is 0 Å². The van der Waals surface area contributed by atoms with Gasteiger partial charge in [0.2, 0.25) is 5.89 Å². The molecular formula is C19H18FN5O2. The molecule has 0 bridgehead atoms. The van der Waals surface area contributed by atoms with Gasteiger partial charge in [0.05, 0.1) is 19.4 Å². The van der Waals surface area contributed by atoms with Gasteiger partial charge in [-0.15, -0.1) is 0 Å². The van der Waals surface area contributed by atoms with Crippen molar-refractivity contribution in [1.82, 2.24) is 15.0 Å². The standard InChI is InChI=1S/C19H18FN5O2/c1-12-19(26-2)27-18(25-12)16(10-15(21)17-22-8-5-9-23-17)24-11-13-6-3-4-7-14(13)20/h3-10H,11,21H2,1-2H3. The second-order valence-corrected chi connectivity index (χ2v) is 5.56. The number of ether oxygens (including phenoxy) is 1. The molecule has 3 rings (SSSR count). The minimum atomic E-state index is -0.342. The summed E-state index contributed by atoms with van der Waals surface area (Å²) in [6.07, 6.45) is 4.70. The van der Waals surface area contributed by atoms with Crippen LogP contribution in [0.2, 0.25) is 0 Å². The van der Waals surface area contributed by atoms with Gasteiger partial charge in [-0.25, -0.2) is 19.3 Å². The Labute approximate surface area is 155 Å². The molecule has 0 aliphatic rings. The first-order valence-corrected chi connectivity index (χ1v) is 8.12. The van der Waals surface area contributed by atoms with Crippen molar-refractivity contribution >= 4 is 11.4 Å². The van der Waals surface area contributed by atoms with E-state index >= 15 is 0 Å². The van der Waals surface area contributed by atoms with E-state index in [1.165, 1.54) is 13.2 Å². The maximum absolute atomic E-state index is 13.9.